The molecule has 1 amide bonds. The maximum Gasteiger partial charge on any atom is 0.235 e. The number of benzene rings is 2. The molecule has 1 aliphatic carbocycles. The standard InChI is InChI=1S/C25H30N4O2/c1-29-12-8-19(9-13-29)31-22-15-17(21(16-26)27-18-6-3-2-4-7-18)14-20-23(22)28-24(30)25(20)10-5-11-25/h2-4,6-7,14-16,19,27H,5,8-13,26H2,1H3,(H,28,30)/b21-16-. The lowest BCUT2D eigenvalue weighted by Gasteiger charge is -2.36. The normalized spacial score (nSPS) is 20.8. The highest BCUT2D eigenvalue weighted by Gasteiger charge is 2.52. The fourth-order valence-corrected chi connectivity index (χ4v) is 4.92. The zero-order valence-corrected chi connectivity index (χ0v) is 18.0. The number of ether oxygens (including phenoxy) is 1. The maximum atomic E-state index is 12.9. The predicted octanol–water partition coefficient (Wildman–Crippen LogP) is 3.90. The number of nitrogens with two attached hydrogens (primary N) is 1. The molecule has 2 aromatic rings. The number of nitrogens with zero attached hydrogens (tertiary/aromatic N) is 1. The lowest BCUT2D eigenvalue weighted by molar-refractivity contribution is -0.123. The predicted molar refractivity (Wildman–Crippen MR) is 124 cm³/mol. The Balaban J connectivity index is 1.52. The van der Waals surface area contributed by atoms with Crippen molar-refractivity contribution in [3.05, 3.63) is 59.8 Å². The first-order chi connectivity index (χ1) is 15.1. The number of hydrogen-bond donors (Lipinski definition) is 3. The highest BCUT2D eigenvalue weighted by Crippen LogP contribution is 2.54. The van der Waals surface area contributed by atoms with Crippen LogP contribution in [0.2, 0.25) is 0 Å². The lowest BCUT2D eigenvalue weighted by atomic mass is 9.65. The Morgan fingerprint density at radius 3 is 2.61 bits per heavy atom. The van der Waals surface area contributed by atoms with Crippen LogP contribution in [0.15, 0.2) is 48.7 Å². The summed E-state index contributed by atoms with van der Waals surface area (Å²) in [4.78, 5) is 15.3. The number of piperidine rings is 1. The minimum Gasteiger partial charge on any atom is -0.488 e. The number of fused-ring (bicyclic) bond motifs is 2. The molecule has 0 aromatic heterocycles. The second-order valence-electron chi connectivity index (χ2n) is 8.98. The van der Waals surface area contributed by atoms with Gasteiger partial charge in [0.25, 0.3) is 0 Å². The second kappa shape index (κ2) is 7.93. The number of likely N-dealkylation sites (tertiary alicyclic amines) is 1. The summed E-state index contributed by atoms with van der Waals surface area (Å²) in [5, 5.41) is 6.56. The van der Waals surface area contributed by atoms with Crippen molar-refractivity contribution in [1.29, 1.82) is 0 Å². The average molecular weight is 419 g/mol. The summed E-state index contributed by atoms with van der Waals surface area (Å²) < 4.78 is 6.51. The van der Waals surface area contributed by atoms with Gasteiger partial charge in [-0.05, 0) is 62.6 Å². The molecular formula is C25H30N4O2. The van der Waals surface area contributed by atoms with Gasteiger partial charge in [0.15, 0.2) is 0 Å². The molecule has 6 heteroatoms. The Hall–Kier alpha value is -2.99. The number of rotatable bonds is 5. The van der Waals surface area contributed by atoms with Gasteiger partial charge in [-0.25, -0.2) is 0 Å². The van der Waals surface area contributed by atoms with Crippen LogP contribution in [0.25, 0.3) is 5.70 Å². The molecule has 0 unspecified atom stereocenters. The van der Waals surface area contributed by atoms with Crippen LogP contribution >= 0.6 is 0 Å². The second-order valence-corrected chi connectivity index (χ2v) is 8.98. The largest absolute Gasteiger partial charge is 0.488 e. The molecule has 162 valence electrons. The number of nitrogens with one attached hydrogen (secondary N) is 2. The van der Waals surface area contributed by atoms with E-state index in [-0.39, 0.29) is 12.0 Å². The topological polar surface area (TPSA) is 79.6 Å². The quantitative estimate of drug-likeness (QED) is 0.686. The summed E-state index contributed by atoms with van der Waals surface area (Å²) in [7, 11) is 2.14. The van der Waals surface area contributed by atoms with Crippen LogP contribution in [0.5, 0.6) is 5.75 Å². The van der Waals surface area contributed by atoms with Crippen molar-refractivity contribution in [3.63, 3.8) is 0 Å². The molecule has 2 aliphatic heterocycles. The number of amides is 1. The summed E-state index contributed by atoms with van der Waals surface area (Å²) >= 11 is 0. The molecule has 1 saturated carbocycles. The SMILES string of the molecule is CN1CCC(Oc2cc(/C(=C/N)Nc3ccccc3)cc3c2NC(=O)C32CCC2)CC1. The molecule has 0 bridgehead atoms. The molecule has 2 fully saturated rings. The molecule has 5 rings (SSSR count). The van der Waals surface area contributed by atoms with Crippen LogP contribution in [0, 0.1) is 0 Å². The smallest absolute Gasteiger partial charge is 0.235 e. The van der Waals surface area contributed by atoms with Gasteiger partial charge in [-0.1, -0.05) is 24.6 Å². The average Bonchev–Trinajstić information content (AvgIpc) is 3.06. The molecule has 1 saturated heterocycles. The van der Waals surface area contributed by atoms with Gasteiger partial charge in [0.2, 0.25) is 5.91 Å². The van der Waals surface area contributed by atoms with Gasteiger partial charge < -0.3 is 26.0 Å². The molecule has 2 aromatic carbocycles. The van der Waals surface area contributed by atoms with E-state index in [1.165, 1.54) is 0 Å². The van der Waals surface area contributed by atoms with Gasteiger partial charge in [-0.3, -0.25) is 4.79 Å². The first-order valence-corrected chi connectivity index (χ1v) is 11.2. The summed E-state index contributed by atoms with van der Waals surface area (Å²) in [6, 6.07) is 14.1. The van der Waals surface area contributed by atoms with Gasteiger partial charge in [0.1, 0.15) is 11.9 Å². The number of carbonyl (C=O) groups is 1. The Bertz CT molecular complexity index is 1010. The molecule has 2 heterocycles. The van der Waals surface area contributed by atoms with E-state index < -0.39 is 5.41 Å². The van der Waals surface area contributed by atoms with Crippen molar-refractivity contribution >= 4 is 23.0 Å². The zero-order chi connectivity index (χ0) is 21.4. The van der Waals surface area contributed by atoms with Gasteiger partial charge in [-0.2, -0.15) is 0 Å². The highest BCUT2D eigenvalue weighted by atomic mass is 16.5. The molecule has 0 radical (unpaired) electrons. The van der Waals surface area contributed by atoms with E-state index in [2.05, 4.69) is 28.6 Å². The number of carbonyl (C=O) groups excluding carboxylic acids is 1. The minimum atomic E-state index is -0.414. The van der Waals surface area contributed by atoms with Crippen LogP contribution in [0.4, 0.5) is 11.4 Å². The lowest BCUT2D eigenvalue weighted by Crippen LogP contribution is -2.40. The Morgan fingerprint density at radius 1 is 1.23 bits per heavy atom. The molecule has 4 N–H and O–H groups in total. The van der Waals surface area contributed by atoms with Gasteiger partial charge in [0.05, 0.1) is 16.8 Å². The van der Waals surface area contributed by atoms with Crippen LogP contribution in [-0.2, 0) is 10.2 Å². The molecule has 6 nitrogen and oxygen atoms in total. The first kappa shape index (κ1) is 19.9. The van der Waals surface area contributed by atoms with Gasteiger partial charge >= 0.3 is 0 Å². The summed E-state index contributed by atoms with van der Waals surface area (Å²) in [5.74, 6) is 0.863. The van der Waals surface area contributed by atoms with Gasteiger partial charge in [-0.15, -0.1) is 0 Å². The van der Waals surface area contributed by atoms with Crippen molar-refractivity contribution < 1.29 is 9.53 Å². The van der Waals surface area contributed by atoms with Crippen molar-refractivity contribution in [1.82, 2.24) is 4.90 Å². The molecule has 3 aliphatic rings. The van der Waals surface area contributed by atoms with Crippen LogP contribution in [0.1, 0.15) is 43.2 Å². The number of anilines is 2. The van der Waals surface area contributed by atoms with Crippen LogP contribution < -0.4 is 21.1 Å². The van der Waals surface area contributed by atoms with E-state index in [4.69, 9.17) is 10.5 Å². The van der Waals surface area contributed by atoms with Crippen molar-refractivity contribution in [3.8, 4) is 5.75 Å². The van der Waals surface area contributed by atoms with Crippen molar-refractivity contribution in [2.75, 3.05) is 30.8 Å². The summed E-state index contributed by atoms with van der Waals surface area (Å²) in [6.07, 6.45) is 6.55. The van der Waals surface area contributed by atoms with E-state index in [0.717, 1.165) is 79.1 Å². The Morgan fingerprint density at radius 2 is 1.97 bits per heavy atom. The molecule has 0 atom stereocenters. The van der Waals surface area contributed by atoms with E-state index >= 15 is 0 Å². The zero-order valence-electron chi connectivity index (χ0n) is 18.0. The highest BCUT2D eigenvalue weighted by molar-refractivity contribution is 6.08. The van der Waals surface area contributed by atoms with Crippen molar-refractivity contribution in [2.24, 2.45) is 5.73 Å². The van der Waals surface area contributed by atoms with E-state index in [0.29, 0.717) is 0 Å². The Labute approximate surface area is 183 Å². The monoisotopic (exact) mass is 418 g/mol. The number of hydrogen-bond acceptors (Lipinski definition) is 5. The summed E-state index contributed by atoms with van der Waals surface area (Å²) in [6.45, 7) is 2.04. The molecule has 31 heavy (non-hydrogen) atoms. The Kier molecular flexibility index (Phi) is 5.10. The fourth-order valence-electron chi connectivity index (χ4n) is 4.92. The third-order valence-corrected chi connectivity index (χ3v) is 6.99. The minimum absolute atomic E-state index is 0.105. The van der Waals surface area contributed by atoms with E-state index in [9.17, 15) is 4.79 Å². The third kappa shape index (κ3) is 3.55. The van der Waals surface area contributed by atoms with E-state index in [1.807, 2.05) is 36.4 Å². The molecule has 1 spiro atoms. The number of para-hydroxylation sites is 1. The maximum absolute atomic E-state index is 12.9. The van der Waals surface area contributed by atoms with Crippen LogP contribution in [0.3, 0.4) is 0 Å². The van der Waals surface area contributed by atoms with Crippen molar-refractivity contribution in [2.45, 2.75) is 43.6 Å². The van der Waals surface area contributed by atoms with E-state index in [1.54, 1.807) is 6.20 Å². The summed E-state index contributed by atoms with van der Waals surface area (Å²) in [5.41, 5.74) is 10.2. The third-order valence-electron chi connectivity index (χ3n) is 6.99. The molecular weight excluding hydrogens is 388 g/mol. The van der Waals surface area contributed by atoms with Crippen LogP contribution in [-0.4, -0.2) is 37.0 Å². The first-order valence-electron chi connectivity index (χ1n) is 11.2. The fraction of sp³-hybridized carbons (Fsp3) is 0.400. The van der Waals surface area contributed by atoms with Gasteiger partial charge in [0, 0.05) is 30.5 Å².